The van der Waals surface area contributed by atoms with Crippen molar-refractivity contribution in [2.75, 3.05) is 0 Å². The zero-order chi connectivity index (χ0) is 29.0. The fraction of sp³-hybridized carbons (Fsp3) is 0.185. The molecule has 0 spiro atoms. The van der Waals surface area contributed by atoms with Gasteiger partial charge in [-0.2, -0.15) is 0 Å². The quantitative estimate of drug-likeness (QED) is 0.212. The summed E-state index contributed by atoms with van der Waals surface area (Å²) in [6.45, 7) is 1.98. The van der Waals surface area contributed by atoms with E-state index in [1.165, 1.54) is 10.5 Å². The van der Waals surface area contributed by atoms with Crippen LogP contribution in [-0.4, -0.2) is 46.5 Å². The van der Waals surface area contributed by atoms with Gasteiger partial charge >= 0.3 is 5.76 Å². The van der Waals surface area contributed by atoms with E-state index in [0.29, 0.717) is 41.2 Å². The number of oxazole rings is 1. The molecule has 14 nitrogen and oxygen atoms in total. The van der Waals surface area contributed by atoms with Crippen LogP contribution in [0.2, 0.25) is 0 Å². The first-order valence-corrected chi connectivity index (χ1v) is 13.4. The van der Waals surface area contributed by atoms with Crippen molar-refractivity contribution in [2.45, 2.75) is 32.4 Å². The van der Waals surface area contributed by atoms with Crippen molar-refractivity contribution in [1.29, 1.82) is 0 Å². The minimum absolute atomic E-state index is 0.0198. The van der Waals surface area contributed by atoms with Crippen molar-refractivity contribution >= 4 is 40.9 Å². The molecule has 7 rings (SSSR count). The fourth-order valence-corrected chi connectivity index (χ4v) is 5.40. The Balaban J connectivity index is 1.12. The Labute approximate surface area is 240 Å². The third-order valence-corrected chi connectivity index (χ3v) is 7.38. The van der Waals surface area contributed by atoms with Gasteiger partial charge in [0.25, 0.3) is 17.6 Å². The number of aromatic nitrogens is 7. The van der Waals surface area contributed by atoms with Crippen LogP contribution in [0.15, 0.2) is 56.2 Å². The summed E-state index contributed by atoms with van der Waals surface area (Å²) >= 11 is 5.32. The molecule has 4 heterocycles. The number of carbonyl (C=O) groups excluding carboxylic acids is 2. The van der Waals surface area contributed by atoms with Crippen molar-refractivity contribution in [3.8, 4) is 11.4 Å². The third-order valence-electron chi connectivity index (χ3n) is 7.11. The van der Waals surface area contributed by atoms with E-state index in [9.17, 15) is 14.4 Å². The minimum Gasteiger partial charge on any atom is -0.441 e. The highest BCUT2D eigenvalue weighted by atomic mass is 32.1. The Morgan fingerprint density at radius 1 is 1.14 bits per heavy atom. The second-order valence-corrected chi connectivity index (χ2v) is 10.2. The van der Waals surface area contributed by atoms with E-state index in [1.54, 1.807) is 19.1 Å². The molecule has 4 aromatic heterocycles. The predicted molar refractivity (Wildman–Crippen MR) is 149 cm³/mol. The average molecular weight is 584 g/mol. The largest absolute Gasteiger partial charge is 0.441 e. The summed E-state index contributed by atoms with van der Waals surface area (Å²) in [5.74, 6) is -0.569. The summed E-state index contributed by atoms with van der Waals surface area (Å²) in [4.78, 5) is 49.2. The number of hydrogen-bond acceptors (Lipinski definition) is 10. The summed E-state index contributed by atoms with van der Waals surface area (Å²) in [6, 6.07) is 12.2. The van der Waals surface area contributed by atoms with Crippen molar-refractivity contribution in [1.82, 2.24) is 45.3 Å². The van der Waals surface area contributed by atoms with Gasteiger partial charge in [-0.05, 0) is 66.0 Å². The van der Waals surface area contributed by atoms with Gasteiger partial charge in [-0.1, -0.05) is 23.4 Å². The van der Waals surface area contributed by atoms with Gasteiger partial charge in [0, 0.05) is 19.0 Å². The van der Waals surface area contributed by atoms with Crippen LogP contribution in [0.4, 0.5) is 0 Å². The zero-order valence-corrected chi connectivity index (χ0v) is 22.7. The highest BCUT2D eigenvalue weighted by Crippen LogP contribution is 2.33. The summed E-state index contributed by atoms with van der Waals surface area (Å²) in [5, 5.41) is 16.3. The lowest BCUT2D eigenvalue weighted by molar-refractivity contribution is 0.0931. The van der Waals surface area contributed by atoms with Crippen molar-refractivity contribution in [2.24, 2.45) is 0 Å². The van der Waals surface area contributed by atoms with Gasteiger partial charge in [-0.25, -0.2) is 24.3 Å². The molecule has 15 heteroatoms. The molecule has 1 aliphatic rings. The number of nitrogens with zero attached hydrogens (tertiary/aromatic N) is 5. The van der Waals surface area contributed by atoms with E-state index in [1.807, 2.05) is 24.3 Å². The number of H-pyrrole nitrogens is 2. The average Bonchev–Trinajstić information content (AvgIpc) is 3.77. The first-order chi connectivity index (χ1) is 20.3. The van der Waals surface area contributed by atoms with Crippen LogP contribution in [0.25, 0.3) is 28.3 Å². The van der Waals surface area contributed by atoms with Crippen molar-refractivity contribution < 1.29 is 18.5 Å². The Bertz CT molecular complexity index is 2150. The molecule has 0 saturated heterocycles. The second-order valence-electron chi connectivity index (χ2n) is 9.83. The van der Waals surface area contributed by atoms with Gasteiger partial charge in [-0.15, -0.1) is 5.10 Å². The van der Waals surface area contributed by atoms with Crippen LogP contribution in [0.1, 0.15) is 56.0 Å². The molecule has 42 heavy (non-hydrogen) atoms. The summed E-state index contributed by atoms with van der Waals surface area (Å²) < 4.78 is 11.7. The normalized spacial score (nSPS) is 14.4. The van der Waals surface area contributed by atoms with Crippen LogP contribution in [-0.2, 0) is 13.0 Å². The van der Waals surface area contributed by atoms with Crippen LogP contribution in [0, 0.1) is 11.7 Å². The maximum absolute atomic E-state index is 13.4. The number of amides is 2. The van der Waals surface area contributed by atoms with E-state index >= 15 is 0 Å². The monoisotopic (exact) mass is 583 g/mol. The molecule has 0 saturated carbocycles. The van der Waals surface area contributed by atoms with Crippen molar-refractivity contribution in [3.05, 3.63) is 91.8 Å². The molecular weight excluding hydrogens is 562 g/mol. The highest BCUT2D eigenvalue weighted by Gasteiger charge is 2.27. The number of benzene rings is 2. The van der Waals surface area contributed by atoms with E-state index in [-0.39, 0.29) is 34.5 Å². The van der Waals surface area contributed by atoms with E-state index in [4.69, 9.17) is 16.6 Å². The van der Waals surface area contributed by atoms with Gasteiger partial charge in [0.05, 0.1) is 6.04 Å². The maximum atomic E-state index is 13.4. The van der Waals surface area contributed by atoms with Gasteiger partial charge < -0.3 is 15.1 Å². The lowest BCUT2D eigenvalue weighted by Crippen LogP contribution is -2.30. The Hall–Kier alpha value is -5.44. The molecule has 2 amide bonds. The summed E-state index contributed by atoms with van der Waals surface area (Å²) in [6.07, 6.45) is 1.38. The van der Waals surface area contributed by atoms with Gasteiger partial charge in [-0.3, -0.25) is 19.1 Å². The van der Waals surface area contributed by atoms with Crippen molar-refractivity contribution in [3.63, 3.8) is 0 Å². The zero-order valence-electron chi connectivity index (χ0n) is 21.9. The number of aromatic amines is 2. The van der Waals surface area contributed by atoms with Crippen LogP contribution in [0.5, 0.6) is 0 Å². The molecule has 1 aliphatic carbocycles. The van der Waals surface area contributed by atoms with Crippen LogP contribution in [0.3, 0.4) is 0 Å². The summed E-state index contributed by atoms with van der Waals surface area (Å²) in [5.41, 5.74) is 4.98. The number of nitrogens with one attached hydrogen (secondary N) is 4. The molecule has 0 unspecified atom stereocenters. The van der Waals surface area contributed by atoms with Crippen LogP contribution < -0.4 is 16.4 Å². The molecule has 0 radical (unpaired) electrons. The molecule has 0 aliphatic heterocycles. The minimum atomic E-state index is -0.630. The van der Waals surface area contributed by atoms with Crippen LogP contribution >= 0.6 is 12.2 Å². The molecule has 4 N–H and O–H groups in total. The van der Waals surface area contributed by atoms with E-state index < -0.39 is 17.6 Å². The van der Waals surface area contributed by atoms with Gasteiger partial charge in [0.1, 0.15) is 16.9 Å². The second kappa shape index (κ2) is 9.88. The number of carbonyl (C=O) groups is 2. The summed E-state index contributed by atoms with van der Waals surface area (Å²) in [7, 11) is 0. The lowest BCUT2D eigenvalue weighted by atomic mass is 10.0. The third kappa shape index (κ3) is 4.54. The molecule has 0 bridgehead atoms. The van der Waals surface area contributed by atoms with E-state index in [0.717, 1.165) is 16.7 Å². The molecule has 0 fully saturated rings. The topological polar surface area (TPSA) is 189 Å². The molecule has 210 valence electrons. The first kappa shape index (κ1) is 25.5. The molecular formula is C27H21N9O5S. The molecule has 2 aromatic carbocycles. The van der Waals surface area contributed by atoms with Gasteiger partial charge in [0.15, 0.2) is 17.3 Å². The number of hydrogen-bond donors (Lipinski definition) is 4. The number of fused-ring (bicyclic) bond motifs is 3. The highest BCUT2D eigenvalue weighted by molar-refractivity contribution is 7.71. The lowest BCUT2D eigenvalue weighted by Gasteiger charge is -2.15. The Morgan fingerprint density at radius 2 is 2.02 bits per heavy atom. The first-order valence-electron chi connectivity index (χ1n) is 12.9. The predicted octanol–water partition coefficient (Wildman–Crippen LogP) is 2.93. The van der Waals surface area contributed by atoms with Gasteiger partial charge in [0.2, 0.25) is 4.77 Å². The Morgan fingerprint density at radius 3 is 2.86 bits per heavy atom. The molecule has 1 atom stereocenters. The SMILES string of the molecule is Cc1nc2cc(CNC(=O)c3cc(C(=O)N[C@H]4CCc5cc(-c6noc(=O)[nH]6)ccc54)nc4n[nH]c(=S)n34)ccc2o1. The number of aryl methyl sites for hydroxylation is 2. The maximum Gasteiger partial charge on any atom is 0.439 e. The fourth-order valence-electron chi connectivity index (χ4n) is 5.17. The molecule has 6 aromatic rings. The van der Waals surface area contributed by atoms with E-state index in [2.05, 4.69) is 45.5 Å². The smallest absolute Gasteiger partial charge is 0.439 e. The Kier molecular flexibility index (Phi) is 6.00. The number of rotatable bonds is 6. The standard InChI is InChI=1S/C27H21N9O5S/c1-12-29-18-8-13(2-7-21(18)40-12)11-28-24(38)20-10-19(31-25-33-34-26(42)36(20)25)23(37)30-17-6-4-14-9-15(3-5-16(14)17)22-32-27(39)41-35-22/h2-3,5,7-10,17H,4,6,11H2,1H3,(H,28,38)(H,30,37)(H,34,42)(H,32,35,39)/t17-/m0/s1.